The summed E-state index contributed by atoms with van der Waals surface area (Å²) < 4.78 is 4.50. The summed E-state index contributed by atoms with van der Waals surface area (Å²) in [6, 6.07) is 25.4. The van der Waals surface area contributed by atoms with Crippen LogP contribution < -0.4 is 8.96 Å². The van der Waals surface area contributed by atoms with Crippen molar-refractivity contribution in [1.82, 2.24) is 0 Å². The van der Waals surface area contributed by atoms with Gasteiger partial charge in [0.1, 0.15) is 24.8 Å². The lowest BCUT2D eigenvalue weighted by Crippen LogP contribution is -2.46. The summed E-state index contributed by atoms with van der Waals surface area (Å²) in [5, 5.41) is 0. The fourth-order valence-electron chi connectivity index (χ4n) is 3.31. The minimum absolute atomic E-state index is 0.217. The van der Waals surface area contributed by atoms with Gasteiger partial charge in [0.05, 0.1) is 0 Å². The third kappa shape index (κ3) is 2.83. The Balaban J connectivity index is 1.93. The summed E-state index contributed by atoms with van der Waals surface area (Å²) in [6.07, 6.45) is 8.51. The van der Waals surface area contributed by atoms with Gasteiger partial charge in [-0.25, -0.2) is 0 Å². The fraction of sp³-hybridized carbons (Fsp3) is 0. The normalized spacial score (nSPS) is 10.5. The van der Waals surface area contributed by atoms with E-state index in [0.717, 1.165) is 0 Å². The minimum Gasteiger partial charge on any atom is -0.431 e. The molecule has 114 valence electrons. The lowest BCUT2D eigenvalue weighted by atomic mass is 9.60. The Bertz CT molecular complexity index is 876. The zero-order valence-corrected chi connectivity index (χ0v) is 13.4. The van der Waals surface area contributed by atoms with Crippen LogP contribution >= 0.6 is 0 Å². The average Bonchev–Trinajstić information content (AvgIpc) is 2.69. The van der Waals surface area contributed by atoms with Crippen molar-refractivity contribution in [2.75, 3.05) is 0 Å². The molecular weight excluding hydrogens is 290 g/mol. The molecule has 0 saturated heterocycles. The molecule has 0 saturated carbocycles. The molecule has 0 atom stereocenters. The van der Waals surface area contributed by atoms with E-state index >= 15 is 0 Å². The van der Waals surface area contributed by atoms with Crippen LogP contribution in [0.5, 0.6) is 0 Å². The van der Waals surface area contributed by atoms with E-state index in [0.29, 0.717) is 0 Å². The average molecular weight is 308 g/mol. The third-order valence-electron chi connectivity index (χ3n) is 4.45. The van der Waals surface area contributed by atoms with E-state index in [4.69, 9.17) is 0 Å². The number of hydrogen-bond acceptors (Lipinski definition) is 0. The van der Waals surface area contributed by atoms with Gasteiger partial charge in [-0.2, -0.15) is 22.8 Å². The molecule has 24 heavy (non-hydrogen) atoms. The monoisotopic (exact) mass is 308 g/mol. The van der Waals surface area contributed by atoms with E-state index < -0.39 is 0 Å². The molecule has 4 heterocycles. The van der Waals surface area contributed by atoms with Gasteiger partial charge >= 0.3 is 0 Å². The highest BCUT2D eigenvalue weighted by atomic mass is 14.8. The van der Waals surface area contributed by atoms with Gasteiger partial charge in [-0.1, -0.05) is 48.5 Å². The molecule has 0 unspecified atom stereocenters. The Hall–Kier alpha value is -2.87. The molecule has 4 heteroatoms. The summed E-state index contributed by atoms with van der Waals surface area (Å²) in [4.78, 5) is 0. The highest BCUT2D eigenvalue weighted by Gasteiger charge is 2.07. The van der Waals surface area contributed by atoms with Crippen molar-refractivity contribution in [2.45, 2.75) is 0 Å². The first-order valence-corrected chi connectivity index (χ1v) is 8.29. The predicted molar refractivity (Wildman–Crippen MR) is 98.6 cm³/mol. The van der Waals surface area contributed by atoms with Gasteiger partial charge in [0, 0.05) is 0 Å². The standard InChI is InChI=1S/C20H18B2N2/c1-7-15-23(16-8-1)21-13-5-3-11-19(21)20-12-4-6-14-22(20)24-17-9-2-10-18-24/h1-18H. The van der Waals surface area contributed by atoms with Crippen LogP contribution in [0, 0.1) is 0 Å². The lowest BCUT2D eigenvalue weighted by molar-refractivity contribution is -0.531. The van der Waals surface area contributed by atoms with Crippen LogP contribution in [0.1, 0.15) is 0 Å². The molecular formula is C20H18B2N2. The molecule has 4 aromatic heterocycles. The van der Waals surface area contributed by atoms with Gasteiger partial charge in [0.15, 0.2) is 0 Å². The van der Waals surface area contributed by atoms with Gasteiger partial charge in [-0.3, -0.25) is 0 Å². The Morgan fingerprint density at radius 2 is 0.875 bits per heavy atom. The summed E-state index contributed by atoms with van der Waals surface area (Å²) in [5.74, 6) is 4.50. The molecule has 0 fully saturated rings. The molecule has 0 N–H and O–H groups in total. The van der Waals surface area contributed by atoms with Crippen LogP contribution in [0.3, 0.4) is 0 Å². The minimum atomic E-state index is 0.217. The number of rotatable bonds is 3. The Morgan fingerprint density at radius 3 is 1.29 bits per heavy atom. The van der Waals surface area contributed by atoms with E-state index in [1.54, 1.807) is 0 Å². The SMILES string of the molecule is c1cc[n+](-[b-]2ccccc2-c2cccc[b-]2-[n+]2ccccc2)cc1. The number of hydrogen-bond donors (Lipinski definition) is 0. The molecule has 0 aliphatic carbocycles. The van der Waals surface area contributed by atoms with E-state index in [1.165, 1.54) is 10.9 Å². The zero-order chi connectivity index (χ0) is 16.2. The molecule has 0 spiro atoms. The zero-order valence-electron chi connectivity index (χ0n) is 13.4. The van der Waals surface area contributed by atoms with Crippen molar-refractivity contribution in [3.8, 4) is 10.9 Å². The van der Waals surface area contributed by atoms with Crippen molar-refractivity contribution in [1.29, 1.82) is 0 Å². The number of aromatic nitrogens is 2. The van der Waals surface area contributed by atoms with E-state index in [2.05, 4.69) is 118 Å². The van der Waals surface area contributed by atoms with Crippen LogP contribution in [0.15, 0.2) is 110 Å². The highest BCUT2D eigenvalue weighted by Crippen LogP contribution is 2.15. The molecule has 0 amide bonds. The molecule has 0 aromatic carbocycles. The quantitative estimate of drug-likeness (QED) is 0.550. The molecule has 4 aromatic rings. The Morgan fingerprint density at radius 1 is 0.458 bits per heavy atom. The molecule has 0 aliphatic heterocycles. The van der Waals surface area contributed by atoms with Gasteiger partial charge in [-0.15, -0.1) is 0 Å². The number of pyridine rings is 2. The van der Waals surface area contributed by atoms with Crippen LogP contribution in [0.2, 0.25) is 0 Å². The molecule has 0 aliphatic rings. The second-order valence-electron chi connectivity index (χ2n) is 5.93. The van der Waals surface area contributed by atoms with Gasteiger partial charge in [0.25, 0.3) is 0 Å². The van der Waals surface area contributed by atoms with Crippen LogP contribution in [0.25, 0.3) is 10.9 Å². The van der Waals surface area contributed by atoms with E-state index in [9.17, 15) is 0 Å². The van der Waals surface area contributed by atoms with Crippen molar-refractivity contribution in [2.24, 2.45) is 0 Å². The van der Waals surface area contributed by atoms with Crippen molar-refractivity contribution >= 4 is 13.0 Å². The molecule has 0 bridgehead atoms. The molecule has 0 radical (unpaired) electrons. The van der Waals surface area contributed by atoms with Crippen LogP contribution in [0.4, 0.5) is 0 Å². The smallest absolute Gasteiger partial charge is 0.225 e. The Kier molecular flexibility index (Phi) is 4.11. The van der Waals surface area contributed by atoms with E-state index in [1.807, 2.05) is 0 Å². The maximum Gasteiger partial charge on any atom is 0.225 e. The first kappa shape index (κ1) is 14.7. The van der Waals surface area contributed by atoms with Gasteiger partial charge < -0.3 is 8.96 Å². The van der Waals surface area contributed by atoms with Crippen molar-refractivity contribution in [3.05, 3.63) is 110 Å². The van der Waals surface area contributed by atoms with Gasteiger partial charge in [0.2, 0.25) is 13.0 Å². The lowest BCUT2D eigenvalue weighted by Gasteiger charge is -2.21. The van der Waals surface area contributed by atoms with Crippen molar-refractivity contribution < 1.29 is 8.96 Å². The first-order valence-electron chi connectivity index (χ1n) is 8.29. The molecule has 4 rings (SSSR count). The highest BCUT2D eigenvalue weighted by molar-refractivity contribution is 6.60. The second kappa shape index (κ2) is 6.71. The number of nitrogens with zero attached hydrogens (tertiary/aromatic N) is 2. The van der Waals surface area contributed by atoms with Crippen LogP contribution in [-0.2, 0) is 0 Å². The third-order valence-corrected chi connectivity index (χ3v) is 4.45. The Labute approximate surface area is 142 Å². The summed E-state index contributed by atoms with van der Waals surface area (Å²) >= 11 is 0. The predicted octanol–water partition coefficient (Wildman–Crippen LogP) is 2.60. The summed E-state index contributed by atoms with van der Waals surface area (Å²) in [5.41, 5.74) is 2.66. The largest absolute Gasteiger partial charge is 0.431 e. The second-order valence-corrected chi connectivity index (χ2v) is 5.93. The summed E-state index contributed by atoms with van der Waals surface area (Å²) in [6.45, 7) is 0.434. The fourth-order valence-corrected chi connectivity index (χ4v) is 3.31. The summed E-state index contributed by atoms with van der Waals surface area (Å²) in [7, 11) is 0. The maximum atomic E-state index is 2.25. The maximum absolute atomic E-state index is 2.25. The molecule has 2 nitrogen and oxygen atoms in total. The van der Waals surface area contributed by atoms with E-state index in [-0.39, 0.29) is 13.0 Å². The van der Waals surface area contributed by atoms with Crippen LogP contribution in [-0.4, -0.2) is 13.0 Å². The topological polar surface area (TPSA) is 7.76 Å². The van der Waals surface area contributed by atoms with Crippen molar-refractivity contribution in [3.63, 3.8) is 0 Å². The van der Waals surface area contributed by atoms with Gasteiger partial charge in [-0.05, 0) is 24.3 Å². The first-order chi connectivity index (χ1) is 11.9.